The van der Waals surface area contributed by atoms with E-state index in [4.69, 9.17) is 9.47 Å². The van der Waals surface area contributed by atoms with Crippen molar-refractivity contribution in [1.82, 2.24) is 4.90 Å². The number of nitrogens with zero attached hydrogens (tertiary/aromatic N) is 1. The van der Waals surface area contributed by atoms with Gasteiger partial charge in [0.05, 0.1) is 25.0 Å². The van der Waals surface area contributed by atoms with Crippen molar-refractivity contribution in [3.05, 3.63) is 0 Å². The number of carbonyl (C=O) groups is 2. The number of ether oxygens (including phenoxy) is 2. The lowest BCUT2D eigenvalue weighted by Crippen LogP contribution is -2.39. The second-order valence-corrected chi connectivity index (χ2v) is 16.9. The molecule has 2 unspecified atom stereocenters. The average Bonchev–Trinajstić information content (AvgIpc) is 3.08. The first-order valence-corrected chi connectivity index (χ1v) is 22.2. The molecular weight excluding hydrogens is 622 g/mol. The molecule has 0 aromatic heterocycles. The molecule has 2 aliphatic carbocycles. The van der Waals surface area contributed by atoms with Crippen molar-refractivity contribution in [2.45, 2.75) is 194 Å². The summed E-state index contributed by atoms with van der Waals surface area (Å²) >= 11 is 0. The largest absolute Gasteiger partial charge is 0.465 e. The summed E-state index contributed by atoms with van der Waals surface area (Å²) in [4.78, 5) is 29.9. The van der Waals surface area contributed by atoms with Crippen LogP contribution in [0.3, 0.4) is 0 Å². The second-order valence-electron chi connectivity index (χ2n) is 16.9. The van der Waals surface area contributed by atoms with Crippen LogP contribution in [0.4, 0.5) is 0 Å². The molecule has 3 fully saturated rings. The molecule has 0 aromatic carbocycles. The number of unbranched alkanes of at least 4 members (excludes halogenated alkanes) is 11. The van der Waals surface area contributed by atoms with Gasteiger partial charge >= 0.3 is 11.9 Å². The molecule has 1 heterocycles. The highest BCUT2D eigenvalue weighted by atomic mass is 16.5. The van der Waals surface area contributed by atoms with Crippen molar-refractivity contribution in [2.24, 2.45) is 35.5 Å². The Kier molecular flexibility index (Phi) is 23.8. The zero-order valence-corrected chi connectivity index (χ0v) is 33.0. The first kappa shape index (κ1) is 43.3. The summed E-state index contributed by atoms with van der Waals surface area (Å²) in [7, 11) is 0. The molecule has 1 aliphatic heterocycles. The average molecular weight is 704 g/mol. The number of hydrogen-bond donors (Lipinski definition) is 1. The van der Waals surface area contributed by atoms with E-state index in [1.54, 1.807) is 0 Å². The number of piperidine rings is 1. The number of aliphatic hydroxyl groups excluding tert-OH is 1. The van der Waals surface area contributed by atoms with Crippen molar-refractivity contribution >= 4 is 11.9 Å². The number of carbonyl (C=O) groups excluding carboxylic acids is 2. The van der Waals surface area contributed by atoms with E-state index in [9.17, 15) is 14.7 Å². The van der Waals surface area contributed by atoms with Gasteiger partial charge in [0, 0.05) is 12.5 Å². The van der Waals surface area contributed by atoms with Crippen molar-refractivity contribution in [3.8, 4) is 0 Å². The third-order valence-corrected chi connectivity index (χ3v) is 12.8. The van der Waals surface area contributed by atoms with Gasteiger partial charge in [-0.3, -0.25) is 9.59 Å². The van der Waals surface area contributed by atoms with Gasteiger partial charge in [0.1, 0.15) is 0 Å². The van der Waals surface area contributed by atoms with E-state index in [1.807, 2.05) is 0 Å². The van der Waals surface area contributed by atoms with E-state index < -0.39 is 0 Å². The Morgan fingerprint density at radius 3 is 1.48 bits per heavy atom. The fourth-order valence-electron chi connectivity index (χ4n) is 8.57. The van der Waals surface area contributed by atoms with Crippen molar-refractivity contribution in [1.29, 1.82) is 0 Å². The SMILES string of the molecule is CCCCCCCCC(CCC1CCC1)C(=O)OCC(COC(=O)C(CCCCCCCC)CCC1CCC1)C1CCN(CCCCO)CC1. The summed E-state index contributed by atoms with van der Waals surface area (Å²) in [5, 5.41) is 9.23. The van der Waals surface area contributed by atoms with Gasteiger partial charge in [-0.15, -0.1) is 0 Å². The van der Waals surface area contributed by atoms with Crippen LogP contribution in [0, 0.1) is 35.5 Å². The standard InChI is InChI=1S/C44H81NO5/c1-3-5-7-9-11-13-23-40(27-25-37-19-17-20-37)43(47)49-35-42(39-29-32-45(33-30-39)31-15-16-34-46)36-50-44(48)41(28-26-38-21-18-22-38)24-14-12-10-8-6-4-2/h37-42,46H,3-36H2,1-2H3. The Hall–Kier alpha value is -1.14. The van der Waals surface area contributed by atoms with Crippen LogP contribution in [-0.4, -0.2) is 61.4 Å². The highest BCUT2D eigenvalue weighted by Gasteiger charge is 2.32. The lowest BCUT2D eigenvalue weighted by Gasteiger charge is -2.36. The van der Waals surface area contributed by atoms with E-state index in [2.05, 4.69) is 18.7 Å². The predicted octanol–water partition coefficient (Wildman–Crippen LogP) is 11.1. The Morgan fingerprint density at radius 1 is 0.600 bits per heavy atom. The van der Waals surface area contributed by atoms with Gasteiger partial charge in [-0.05, 0) is 102 Å². The van der Waals surface area contributed by atoms with Crippen LogP contribution in [0.1, 0.15) is 194 Å². The third-order valence-electron chi connectivity index (χ3n) is 12.8. The smallest absolute Gasteiger partial charge is 0.308 e. The van der Waals surface area contributed by atoms with E-state index in [-0.39, 0.29) is 36.3 Å². The van der Waals surface area contributed by atoms with Crippen LogP contribution >= 0.6 is 0 Å². The van der Waals surface area contributed by atoms with E-state index >= 15 is 0 Å². The first-order chi connectivity index (χ1) is 24.5. The predicted molar refractivity (Wildman–Crippen MR) is 207 cm³/mol. The summed E-state index contributed by atoms with van der Waals surface area (Å²) in [5.41, 5.74) is 0. The Balaban J connectivity index is 1.57. The van der Waals surface area contributed by atoms with Gasteiger partial charge in [-0.2, -0.15) is 0 Å². The molecule has 50 heavy (non-hydrogen) atoms. The Morgan fingerprint density at radius 2 is 1.06 bits per heavy atom. The molecule has 0 spiro atoms. The van der Waals surface area contributed by atoms with Crippen molar-refractivity contribution in [3.63, 3.8) is 0 Å². The van der Waals surface area contributed by atoms with Crippen molar-refractivity contribution in [2.75, 3.05) is 39.5 Å². The fourth-order valence-corrected chi connectivity index (χ4v) is 8.57. The molecular formula is C44H81NO5. The van der Waals surface area contributed by atoms with E-state index in [0.717, 1.165) is 109 Å². The maximum atomic E-state index is 13.7. The van der Waals surface area contributed by atoms with E-state index in [0.29, 0.717) is 19.1 Å². The van der Waals surface area contributed by atoms with Crippen LogP contribution in [-0.2, 0) is 19.1 Å². The zero-order chi connectivity index (χ0) is 35.7. The van der Waals surface area contributed by atoms with Crippen LogP contribution in [0.2, 0.25) is 0 Å². The molecule has 1 saturated heterocycles. The highest BCUT2D eigenvalue weighted by Crippen LogP contribution is 2.35. The minimum Gasteiger partial charge on any atom is -0.465 e. The molecule has 2 atom stereocenters. The van der Waals surface area contributed by atoms with Gasteiger partial charge in [-0.25, -0.2) is 0 Å². The second kappa shape index (κ2) is 27.5. The summed E-state index contributed by atoms with van der Waals surface area (Å²) < 4.78 is 12.5. The third kappa shape index (κ3) is 18.1. The van der Waals surface area contributed by atoms with Gasteiger partial charge in [0.25, 0.3) is 0 Å². The maximum absolute atomic E-state index is 13.7. The molecule has 6 heteroatoms. The molecule has 3 rings (SSSR count). The molecule has 6 nitrogen and oxygen atoms in total. The van der Waals surface area contributed by atoms with Crippen LogP contribution in [0.25, 0.3) is 0 Å². The minimum absolute atomic E-state index is 0.00269. The molecule has 0 radical (unpaired) electrons. The monoisotopic (exact) mass is 704 g/mol. The number of rotatable bonds is 31. The van der Waals surface area contributed by atoms with Gasteiger partial charge < -0.3 is 19.5 Å². The quantitative estimate of drug-likeness (QED) is 0.0572. The van der Waals surface area contributed by atoms with Crippen molar-refractivity contribution < 1.29 is 24.2 Å². The lowest BCUT2D eigenvalue weighted by atomic mass is 9.79. The van der Waals surface area contributed by atoms with Gasteiger partial charge in [-0.1, -0.05) is 129 Å². The summed E-state index contributed by atoms with van der Waals surface area (Å²) in [6.45, 7) is 8.62. The summed E-state index contributed by atoms with van der Waals surface area (Å²) in [6.07, 6.45) is 33.0. The highest BCUT2D eigenvalue weighted by molar-refractivity contribution is 5.73. The fraction of sp³-hybridized carbons (Fsp3) is 0.955. The number of esters is 2. The van der Waals surface area contributed by atoms with Crippen LogP contribution in [0.15, 0.2) is 0 Å². The number of hydrogen-bond acceptors (Lipinski definition) is 6. The maximum Gasteiger partial charge on any atom is 0.308 e. The first-order valence-electron chi connectivity index (χ1n) is 22.2. The molecule has 1 N–H and O–H groups in total. The van der Waals surface area contributed by atoms with E-state index in [1.165, 1.54) is 103 Å². The van der Waals surface area contributed by atoms with Gasteiger partial charge in [0.2, 0.25) is 0 Å². The molecule has 0 aromatic rings. The van der Waals surface area contributed by atoms with Crippen LogP contribution in [0.5, 0.6) is 0 Å². The summed E-state index contributed by atoms with van der Waals surface area (Å²) in [6, 6.07) is 0. The molecule has 3 aliphatic rings. The Bertz CT molecular complexity index is 795. The Labute approximate surface area is 309 Å². The molecule has 292 valence electrons. The molecule has 2 saturated carbocycles. The van der Waals surface area contributed by atoms with Crippen LogP contribution < -0.4 is 0 Å². The molecule has 0 bridgehead atoms. The van der Waals surface area contributed by atoms with Gasteiger partial charge in [0.15, 0.2) is 0 Å². The zero-order valence-electron chi connectivity index (χ0n) is 33.0. The summed E-state index contributed by atoms with van der Waals surface area (Å²) in [5.74, 6) is 2.07. The lowest BCUT2D eigenvalue weighted by molar-refractivity contribution is -0.156. The molecule has 0 amide bonds. The number of aliphatic hydroxyl groups is 1. The topological polar surface area (TPSA) is 76.1 Å². The normalized spacial score (nSPS) is 19.4. The minimum atomic E-state index is -0.00269. The number of likely N-dealkylation sites (tertiary alicyclic amines) is 1.